The molecule has 0 bridgehead atoms. The van der Waals surface area contributed by atoms with Crippen molar-refractivity contribution >= 4 is 23.5 Å². The Labute approximate surface area is 177 Å². The van der Waals surface area contributed by atoms with Crippen LogP contribution in [0.25, 0.3) is 5.82 Å². The number of carbonyl (C=O) groups is 1. The Bertz CT molecular complexity index is 1020. The lowest BCUT2D eigenvalue weighted by atomic mass is 10.2. The molecule has 0 spiro atoms. The number of aromatic nitrogens is 4. The Morgan fingerprint density at radius 1 is 1.10 bits per heavy atom. The first-order chi connectivity index (χ1) is 14.4. The zero-order valence-electron chi connectivity index (χ0n) is 16.8. The molecule has 158 valence electrons. The fraction of sp³-hybridized carbons (Fsp3) is 0.300. The van der Waals surface area contributed by atoms with Crippen LogP contribution in [0.4, 0.5) is 14.6 Å². The molecule has 0 aliphatic carbocycles. The van der Waals surface area contributed by atoms with Crippen molar-refractivity contribution in [1.29, 1.82) is 0 Å². The van der Waals surface area contributed by atoms with E-state index >= 15 is 0 Å². The van der Waals surface area contributed by atoms with Crippen molar-refractivity contribution in [3.05, 3.63) is 58.9 Å². The van der Waals surface area contributed by atoms with Gasteiger partial charge in [-0.3, -0.25) is 4.79 Å². The van der Waals surface area contributed by atoms with E-state index in [2.05, 4.69) is 25.9 Å². The van der Waals surface area contributed by atoms with Crippen LogP contribution in [0.5, 0.6) is 0 Å². The average molecular weight is 433 g/mol. The van der Waals surface area contributed by atoms with Gasteiger partial charge in [0.1, 0.15) is 5.82 Å². The predicted molar refractivity (Wildman–Crippen MR) is 112 cm³/mol. The number of thioether (sulfide) groups is 1. The van der Waals surface area contributed by atoms with Crippen LogP contribution in [0.15, 0.2) is 41.3 Å². The van der Waals surface area contributed by atoms with Gasteiger partial charge in [-0.05, 0) is 50.6 Å². The van der Waals surface area contributed by atoms with E-state index in [1.807, 2.05) is 26.8 Å². The van der Waals surface area contributed by atoms with Crippen molar-refractivity contribution in [3.63, 3.8) is 0 Å². The van der Waals surface area contributed by atoms with Crippen molar-refractivity contribution < 1.29 is 13.6 Å². The number of hydrogen-bond acceptors (Lipinski definition) is 6. The number of anilines is 1. The number of carbonyl (C=O) groups excluding carboxylic acids is 1. The molecule has 0 aliphatic rings. The van der Waals surface area contributed by atoms with E-state index < -0.39 is 11.7 Å². The number of nitrogens with one attached hydrogen (secondary N) is 2. The molecule has 2 N–H and O–H groups in total. The van der Waals surface area contributed by atoms with Crippen LogP contribution in [0.2, 0.25) is 0 Å². The lowest BCUT2D eigenvalue weighted by molar-refractivity contribution is 0.0952. The van der Waals surface area contributed by atoms with Crippen LogP contribution >= 0.6 is 11.8 Å². The lowest BCUT2D eigenvalue weighted by Crippen LogP contribution is -2.29. The molecular weight excluding hydrogens is 410 g/mol. The van der Waals surface area contributed by atoms with Crippen LogP contribution < -0.4 is 10.6 Å². The zero-order chi connectivity index (χ0) is 21.7. The van der Waals surface area contributed by atoms with Crippen LogP contribution in [0.1, 0.15) is 27.3 Å². The summed E-state index contributed by atoms with van der Waals surface area (Å²) in [4.78, 5) is 12.5. The Kier molecular flexibility index (Phi) is 6.99. The molecule has 0 saturated carbocycles. The molecular formula is C20H22F2N6OS. The minimum Gasteiger partial charge on any atom is -0.367 e. The van der Waals surface area contributed by atoms with Crippen LogP contribution in [-0.2, 0) is 0 Å². The standard InChI is InChI=1S/C20H22F2N6OS/c1-12-13(2)27-28(14(12)3)18-9-8-17(25-26-18)23-10-11-24-19(29)15-6-4-5-7-16(15)30-20(21)22/h4-9,20H,10-11H2,1-3H3,(H,23,25)(H,24,29). The monoisotopic (exact) mass is 432 g/mol. The fourth-order valence-corrected chi connectivity index (χ4v) is 3.43. The van der Waals surface area contributed by atoms with Crippen molar-refractivity contribution in [2.24, 2.45) is 0 Å². The molecule has 7 nitrogen and oxygen atoms in total. The van der Waals surface area contributed by atoms with Gasteiger partial charge in [-0.25, -0.2) is 4.68 Å². The van der Waals surface area contributed by atoms with Crippen molar-refractivity contribution in [2.75, 3.05) is 18.4 Å². The fourth-order valence-electron chi connectivity index (χ4n) is 2.79. The largest absolute Gasteiger partial charge is 0.367 e. The van der Waals surface area contributed by atoms with Gasteiger partial charge in [0, 0.05) is 23.7 Å². The van der Waals surface area contributed by atoms with Gasteiger partial charge in [0.2, 0.25) is 0 Å². The predicted octanol–water partition coefficient (Wildman–Crippen LogP) is 3.74. The van der Waals surface area contributed by atoms with E-state index in [0.717, 1.165) is 17.0 Å². The van der Waals surface area contributed by atoms with Crippen molar-refractivity contribution in [3.8, 4) is 5.82 Å². The smallest absolute Gasteiger partial charge is 0.288 e. The zero-order valence-corrected chi connectivity index (χ0v) is 17.6. The number of rotatable bonds is 8. The lowest BCUT2D eigenvalue weighted by Gasteiger charge is -2.10. The van der Waals surface area contributed by atoms with Crippen molar-refractivity contribution in [1.82, 2.24) is 25.3 Å². The maximum Gasteiger partial charge on any atom is 0.288 e. The summed E-state index contributed by atoms with van der Waals surface area (Å²) in [6, 6.07) is 9.89. The van der Waals surface area contributed by atoms with E-state index in [1.165, 1.54) is 12.1 Å². The Morgan fingerprint density at radius 3 is 2.50 bits per heavy atom. The summed E-state index contributed by atoms with van der Waals surface area (Å²) in [6.07, 6.45) is 0. The number of halogens is 2. The highest BCUT2D eigenvalue weighted by Gasteiger charge is 2.15. The van der Waals surface area contributed by atoms with Gasteiger partial charge in [0.15, 0.2) is 5.82 Å². The normalized spacial score (nSPS) is 11.0. The Hall–Kier alpha value is -3.01. The van der Waals surface area contributed by atoms with Crippen molar-refractivity contribution in [2.45, 2.75) is 31.4 Å². The topological polar surface area (TPSA) is 84.7 Å². The second-order valence-electron chi connectivity index (χ2n) is 6.54. The third-order valence-electron chi connectivity index (χ3n) is 4.59. The minimum atomic E-state index is -2.58. The summed E-state index contributed by atoms with van der Waals surface area (Å²) >= 11 is 0.357. The average Bonchev–Trinajstić information content (AvgIpc) is 2.99. The molecule has 0 saturated heterocycles. The summed E-state index contributed by atoms with van der Waals surface area (Å²) in [5.74, 6) is -1.81. The van der Waals surface area contributed by atoms with Gasteiger partial charge in [-0.2, -0.15) is 13.9 Å². The number of alkyl halides is 2. The first kappa shape index (κ1) is 21.7. The summed E-state index contributed by atoms with van der Waals surface area (Å²) < 4.78 is 27.0. The molecule has 0 unspecified atom stereocenters. The summed E-state index contributed by atoms with van der Waals surface area (Å²) in [6.45, 7) is 6.64. The van der Waals surface area contributed by atoms with Crippen LogP contribution in [0.3, 0.4) is 0 Å². The van der Waals surface area contributed by atoms with E-state index in [0.29, 0.717) is 36.5 Å². The van der Waals surface area contributed by atoms with Crippen LogP contribution in [0, 0.1) is 20.8 Å². The highest BCUT2D eigenvalue weighted by Crippen LogP contribution is 2.28. The van der Waals surface area contributed by atoms with Gasteiger partial charge < -0.3 is 10.6 Å². The maximum atomic E-state index is 12.6. The molecule has 30 heavy (non-hydrogen) atoms. The Morgan fingerprint density at radius 2 is 1.87 bits per heavy atom. The van der Waals surface area contributed by atoms with Gasteiger partial charge >= 0.3 is 0 Å². The van der Waals surface area contributed by atoms with E-state index in [4.69, 9.17) is 0 Å². The molecule has 3 aromatic rings. The van der Waals surface area contributed by atoms with Gasteiger partial charge in [-0.1, -0.05) is 23.9 Å². The molecule has 0 fully saturated rings. The first-order valence-electron chi connectivity index (χ1n) is 9.29. The molecule has 0 atom stereocenters. The molecule has 10 heteroatoms. The highest BCUT2D eigenvalue weighted by molar-refractivity contribution is 7.99. The van der Waals surface area contributed by atoms with E-state index in [-0.39, 0.29) is 10.5 Å². The summed E-state index contributed by atoms with van der Waals surface area (Å²) in [7, 11) is 0. The second kappa shape index (κ2) is 9.66. The molecule has 1 aromatic carbocycles. The highest BCUT2D eigenvalue weighted by atomic mass is 32.2. The molecule has 0 aliphatic heterocycles. The van der Waals surface area contributed by atoms with Gasteiger partial charge in [0.05, 0.1) is 11.3 Å². The number of nitrogens with zero attached hydrogens (tertiary/aromatic N) is 4. The molecule has 2 heterocycles. The Balaban J connectivity index is 1.52. The quantitative estimate of drug-likeness (QED) is 0.417. The number of benzene rings is 1. The SMILES string of the molecule is Cc1nn(-c2ccc(NCCNC(=O)c3ccccc3SC(F)F)nn2)c(C)c1C. The molecule has 1 amide bonds. The minimum absolute atomic E-state index is 0.229. The van der Waals surface area contributed by atoms with Gasteiger partial charge in [0.25, 0.3) is 11.7 Å². The molecule has 0 radical (unpaired) electrons. The summed E-state index contributed by atoms with van der Waals surface area (Å²) in [5, 5.41) is 18.6. The van der Waals surface area contributed by atoms with Gasteiger partial charge in [-0.15, -0.1) is 10.2 Å². The number of amides is 1. The number of hydrogen-bond donors (Lipinski definition) is 2. The molecule has 3 rings (SSSR count). The maximum absolute atomic E-state index is 12.6. The second-order valence-corrected chi connectivity index (χ2v) is 7.57. The first-order valence-corrected chi connectivity index (χ1v) is 10.2. The van der Waals surface area contributed by atoms with Crippen LogP contribution in [-0.4, -0.2) is 44.7 Å². The summed E-state index contributed by atoms with van der Waals surface area (Å²) in [5.41, 5.74) is 3.30. The van der Waals surface area contributed by atoms with E-state index in [1.54, 1.807) is 22.9 Å². The third-order valence-corrected chi connectivity index (χ3v) is 5.37. The van der Waals surface area contributed by atoms with E-state index in [9.17, 15) is 13.6 Å². The third kappa shape index (κ3) is 5.12. The molecule has 2 aromatic heterocycles. The number of aryl methyl sites for hydroxylation is 1.